The first-order valence-corrected chi connectivity index (χ1v) is 9.67. The van der Waals surface area contributed by atoms with Crippen LogP contribution in [0.4, 0.5) is 0 Å². The highest BCUT2D eigenvalue weighted by Crippen LogP contribution is 2.25. The molecule has 3 aliphatic heterocycles. The van der Waals surface area contributed by atoms with E-state index < -0.39 is 10.2 Å². The molecule has 6 nitrogen and oxygen atoms in total. The average Bonchev–Trinajstić information content (AvgIpc) is 2.99. The van der Waals surface area contributed by atoms with Gasteiger partial charge in [-0.1, -0.05) is 6.92 Å². The molecular formula is C14H29ClN4O2S. The molecule has 22 heavy (non-hydrogen) atoms. The molecule has 0 amide bonds. The second-order valence-corrected chi connectivity index (χ2v) is 8.60. The minimum Gasteiger partial charge on any atom is -0.314 e. The Morgan fingerprint density at radius 2 is 1.50 bits per heavy atom. The van der Waals surface area contributed by atoms with Gasteiger partial charge in [0.25, 0.3) is 10.2 Å². The number of halogens is 1. The largest absolute Gasteiger partial charge is 0.314 e. The molecule has 3 saturated heterocycles. The Labute approximate surface area is 140 Å². The molecule has 3 fully saturated rings. The number of hydrogen-bond acceptors (Lipinski definition) is 4. The maximum atomic E-state index is 12.7. The van der Waals surface area contributed by atoms with Gasteiger partial charge in [0.2, 0.25) is 0 Å². The molecule has 3 rings (SSSR count). The molecule has 0 spiro atoms. The molecule has 1 N–H and O–H groups in total. The quantitative estimate of drug-likeness (QED) is 0.797. The summed E-state index contributed by atoms with van der Waals surface area (Å²) in [5, 5.41) is 3.35. The number of nitrogens with one attached hydrogen (secondary N) is 1. The molecule has 0 radical (unpaired) electrons. The van der Waals surface area contributed by atoms with E-state index in [-0.39, 0.29) is 12.4 Å². The van der Waals surface area contributed by atoms with Gasteiger partial charge in [0.1, 0.15) is 0 Å². The Hall–Kier alpha value is 0.0800. The Morgan fingerprint density at radius 1 is 0.909 bits per heavy atom. The van der Waals surface area contributed by atoms with Crippen molar-refractivity contribution in [3.8, 4) is 0 Å². The molecular weight excluding hydrogens is 324 g/mol. The lowest BCUT2D eigenvalue weighted by molar-refractivity contribution is 0.178. The summed E-state index contributed by atoms with van der Waals surface area (Å²) in [5.74, 6) is 0.656. The third-order valence-electron chi connectivity index (χ3n) is 5.19. The van der Waals surface area contributed by atoms with Gasteiger partial charge in [-0.3, -0.25) is 4.90 Å². The number of hydrogen-bond donors (Lipinski definition) is 1. The lowest BCUT2D eigenvalue weighted by Gasteiger charge is -2.34. The SMILES string of the molecule is CC1CCN(S(=O)(=O)N2CCC(N3CCNCC3)C2)CC1.Cl. The summed E-state index contributed by atoms with van der Waals surface area (Å²) in [7, 11) is -3.23. The van der Waals surface area contributed by atoms with E-state index in [1.165, 1.54) is 0 Å². The van der Waals surface area contributed by atoms with Crippen LogP contribution in [0, 0.1) is 5.92 Å². The Kier molecular flexibility index (Phi) is 6.50. The zero-order valence-electron chi connectivity index (χ0n) is 13.4. The lowest BCUT2D eigenvalue weighted by Crippen LogP contribution is -2.50. The van der Waals surface area contributed by atoms with Crippen LogP contribution in [0.2, 0.25) is 0 Å². The molecule has 0 aromatic carbocycles. The van der Waals surface area contributed by atoms with Gasteiger partial charge in [-0.25, -0.2) is 0 Å². The van der Waals surface area contributed by atoms with Crippen molar-refractivity contribution < 1.29 is 8.42 Å². The van der Waals surface area contributed by atoms with Crippen molar-refractivity contribution in [1.82, 2.24) is 18.8 Å². The highest BCUT2D eigenvalue weighted by Gasteiger charge is 2.38. The molecule has 0 aliphatic carbocycles. The molecule has 8 heteroatoms. The van der Waals surface area contributed by atoms with Gasteiger partial charge in [-0.05, 0) is 25.2 Å². The van der Waals surface area contributed by atoms with Crippen LogP contribution in [0.25, 0.3) is 0 Å². The smallest absolute Gasteiger partial charge is 0.282 e. The average molecular weight is 353 g/mol. The predicted octanol–water partition coefficient (Wildman–Crippen LogP) is 0.364. The number of rotatable bonds is 3. The first-order valence-electron chi connectivity index (χ1n) is 8.27. The normalized spacial score (nSPS) is 30.3. The van der Waals surface area contributed by atoms with Crippen molar-refractivity contribution in [1.29, 1.82) is 0 Å². The van der Waals surface area contributed by atoms with Crippen molar-refractivity contribution in [3.63, 3.8) is 0 Å². The summed E-state index contributed by atoms with van der Waals surface area (Å²) in [4.78, 5) is 2.45. The van der Waals surface area contributed by atoms with Gasteiger partial charge in [0.15, 0.2) is 0 Å². The van der Waals surface area contributed by atoms with Crippen LogP contribution in [-0.4, -0.2) is 80.3 Å². The van der Waals surface area contributed by atoms with Crippen molar-refractivity contribution >= 4 is 22.6 Å². The van der Waals surface area contributed by atoms with Crippen molar-refractivity contribution in [2.45, 2.75) is 32.2 Å². The van der Waals surface area contributed by atoms with Crippen LogP contribution >= 0.6 is 12.4 Å². The molecule has 1 unspecified atom stereocenters. The summed E-state index contributed by atoms with van der Waals surface area (Å²) in [6.45, 7) is 9.08. The maximum absolute atomic E-state index is 12.7. The molecule has 1 atom stereocenters. The Balaban J connectivity index is 0.00000176. The third kappa shape index (κ3) is 3.94. The van der Waals surface area contributed by atoms with E-state index in [9.17, 15) is 8.42 Å². The Bertz CT molecular complexity index is 448. The zero-order chi connectivity index (χ0) is 14.9. The first kappa shape index (κ1) is 18.4. The van der Waals surface area contributed by atoms with E-state index >= 15 is 0 Å². The minimum atomic E-state index is -3.23. The van der Waals surface area contributed by atoms with Crippen molar-refractivity contribution in [2.75, 3.05) is 52.4 Å². The van der Waals surface area contributed by atoms with Gasteiger partial charge >= 0.3 is 0 Å². The van der Waals surface area contributed by atoms with Crippen LogP contribution in [-0.2, 0) is 10.2 Å². The van der Waals surface area contributed by atoms with Crippen LogP contribution in [0.1, 0.15) is 26.2 Å². The second-order valence-electron chi connectivity index (χ2n) is 6.68. The molecule has 0 saturated carbocycles. The highest BCUT2D eigenvalue weighted by molar-refractivity contribution is 7.86. The topological polar surface area (TPSA) is 55.9 Å². The maximum Gasteiger partial charge on any atom is 0.282 e. The summed E-state index contributed by atoms with van der Waals surface area (Å²) >= 11 is 0. The van der Waals surface area contributed by atoms with Gasteiger partial charge in [-0.2, -0.15) is 17.0 Å². The van der Waals surface area contributed by atoms with Gasteiger partial charge in [0.05, 0.1) is 0 Å². The van der Waals surface area contributed by atoms with Crippen molar-refractivity contribution in [2.24, 2.45) is 5.92 Å². The van der Waals surface area contributed by atoms with E-state index in [1.54, 1.807) is 8.61 Å². The van der Waals surface area contributed by atoms with Crippen molar-refractivity contribution in [3.05, 3.63) is 0 Å². The molecule has 0 bridgehead atoms. The number of piperidine rings is 1. The van der Waals surface area contributed by atoms with E-state index in [4.69, 9.17) is 0 Å². The van der Waals surface area contributed by atoms with E-state index in [2.05, 4.69) is 17.1 Å². The Morgan fingerprint density at radius 3 is 2.14 bits per heavy atom. The molecule has 3 heterocycles. The second kappa shape index (κ2) is 7.77. The summed E-state index contributed by atoms with van der Waals surface area (Å²) in [6.07, 6.45) is 2.96. The highest BCUT2D eigenvalue weighted by atomic mass is 35.5. The van der Waals surface area contributed by atoms with E-state index in [0.29, 0.717) is 38.1 Å². The molecule has 130 valence electrons. The third-order valence-corrected chi connectivity index (χ3v) is 7.19. The summed E-state index contributed by atoms with van der Waals surface area (Å²) in [6, 6.07) is 0.408. The molecule has 0 aromatic heterocycles. The summed E-state index contributed by atoms with van der Waals surface area (Å²) in [5.41, 5.74) is 0. The fraction of sp³-hybridized carbons (Fsp3) is 1.00. The number of nitrogens with zero attached hydrogens (tertiary/aromatic N) is 3. The monoisotopic (exact) mass is 352 g/mol. The fourth-order valence-corrected chi connectivity index (χ4v) is 5.34. The van der Waals surface area contributed by atoms with Crippen LogP contribution in [0.3, 0.4) is 0 Å². The van der Waals surface area contributed by atoms with Crippen LogP contribution < -0.4 is 5.32 Å². The predicted molar refractivity (Wildman–Crippen MR) is 90.6 cm³/mol. The molecule has 0 aromatic rings. The summed E-state index contributed by atoms with van der Waals surface area (Å²) < 4.78 is 28.9. The minimum absolute atomic E-state index is 0. The lowest BCUT2D eigenvalue weighted by atomic mass is 10.0. The number of piperazine rings is 1. The fourth-order valence-electron chi connectivity index (χ4n) is 3.64. The van der Waals surface area contributed by atoms with Crippen LogP contribution in [0.5, 0.6) is 0 Å². The van der Waals surface area contributed by atoms with E-state index in [0.717, 1.165) is 45.4 Å². The zero-order valence-corrected chi connectivity index (χ0v) is 15.0. The van der Waals surface area contributed by atoms with E-state index in [1.807, 2.05) is 0 Å². The van der Waals surface area contributed by atoms with Crippen LogP contribution in [0.15, 0.2) is 0 Å². The van der Waals surface area contributed by atoms with Gasteiger partial charge in [0, 0.05) is 58.4 Å². The first-order chi connectivity index (χ1) is 10.1. The van der Waals surface area contributed by atoms with Gasteiger partial charge < -0.3 is 5.32 Å². The van der Waals surface area contributed by atoms with Gasteiger partial charge in [-0.15, -0.1) is 12.4 Å². The standard InChI is InChI=1S/C14H28N4O2S.ClH/c1-13-2-7-17(8-3-13)21(19,20)18-9-4-14(12-18)16-10-5-15-6-11-16;/h13-15H,2-12H2,1H3;1H. The molecule has 3 aliphatic rings.